The predicted octanol–water partition coefficient (Wildman–Crippen LogP) is -0.514. The summed E-state index contributed by atoms with van der Waals surface area (Å²) in [5, 5.41) is 8.58. The van der Waals surface area contributed by atoms with E-state index in [-0.39, 0.29) is 6.04 Å². The van der Waals surface area contributed by atoms with Gasteiger partial charge in [0, 0.05) is 19.1 Å². The van der Waals surface area contributed by atoms with E-state index in [0.717, 1.165) is 23.6 Å². The number of hydrogen-bond donors (Lipinski definition) is 1. The Bertz CT molecular complexity index is 363. The van der Waals surface area contributed by atoms with E-state index in [1.807, 2.05) is 0 Å². The highest BCUT2D eigenvalue weighted by atomic mass is 32.2. The fourth-order valence-corrected chi connectivity index (χ4v) is 3.73. The average Bonchev–Trinajstić information content (AvgIpc) is 2.27. The van der Waals surface area contributed by atoms with E-state index in [4.69, 9.17) is 5.11 Å². The van der Waals surface area contributed by atoms with Crippen molar-refractivity contribution in [1.82, 2.24) is 8.61 Å². The van der Waals surface area contributed by atoms with E-state index >= 15 is 0 Å². The Balaban J connectivity index is 2.09. The summed E-state index contributed by atoms with van der Waals surface area (Å²) in [6, 6.07) is 0.105. The summed E-state index contributed by atoms with van der Waals surface area (Å²) in [6.45, 7) is 0.303. The lowest BCUT2D eigenvalue weighted by Crippen LogP contribution is -2.44. The third-order valence-electron chi connectivity index (χ3n) is 2.99. The van der Waals surface area contributed by atoms with Crippen LogP contribution >= 0.6 is 0 Å². The average molecular weight is 234 g/mol. The third-order valence-corrected chi connectivity index (χ3v) is 5.02. The van der Waals surface area contributed by atoms with Crippen LogP contribution in [-0.2, 0) is 15.0 Å². The van der Waals surface area contributed by atoms with Crippen LogP contribution in [0.15, 0.2) is 0 Å². The van der Waals surface area contributed by atoms with Crippen molar-refractivity contribution in [3.05, 3.63) is 0 Å². The zero-order valence-corrected chi connectivity index (χ0v) is 9.11. The van der Waals surface area contributed by atoms with Crippen LogP contribution < -0.4 is 0 Å². The van der Waals surface area contributed by atoms with Gasteiger partial charge in [0.2, 0.25) is 0 Å². The maximum absolute atomic E-state index is 11.9. The summed E-state index contributed by atoms with van der Waals surface area (Å²) >= 11 is 0. The molecule has 15 heavy (non-hydrogen) atoms. The molecule has 7 heteroatoms. The zero-order valence-electron chi connectivity index (χ0n) is 8.29. The Morgan fingerprint density at radius 3 is 2.47 bits per heavy atom. The Hall–Kier alpha value is -0.660. The van der Waals surface area contributed by atoms with Crippen LogP contribution in [0.2, 0.25) is 0 Å². The van der Waals surface area contributed by atoms with Crippen LogP contribution in [0.1, 0.15) is 19.3 Å². The topological polar surface area (TPSA) is 77.9 Å². The number of rotatable bonds is 3. The maximum atomic E-state index is 11.9. The summed E-state index contributed by atoms with van der Waals surface area (Å²) in [5.41, 5.74) is 0. The molecule has 0 radical (unpaired) electrons. The van der Waals surface area contributed by atoms with Gasteiger partial charge in [-0.3, -0.25) is 4.79 Å². The molecule has 0 spiro atoms. The number of aliphatic carboxylic acids is 1. The molecule has 1 heterocycles. The normalized spacial score (nSPS) is 27.7. The number of carboxylic acid groups (broad SMARTS) is 1. The van der Waals surface area contributed by atoms with Gasteiger partial charge in [-0.2, -0.15) is 17.0 Å². The largest absolute Gasteiger partial charge is 0.480 e. The summed E-state index contributed by atoms with van der Waals surface area (Å²) < 4.78 is 26.2. The quantitative estimate of drug-likeness (QED) is 0.713. The SMILES string of the molecule is O=C(O)CN1CCN(C2CCC2)S1(=O)=O. The molecule has 86 valence electrons. The fraction of sp³-hybridized carbons (Fsp3) is 0.875. The Labute approximate surface area is 88.7 Å². The molecule has 0 aromatic carbocycles. The van der Waals surface area contributed by atoms with Crippen molar-refractivity contribution >= 4 is 16.2 Å². The zero-order chi connectivity index (χ0) is 11.1. The highest BCUT2D eigenvalue weighted by molar-refractivity contribution is 7.87. The van der Waals surface area contributed by atoms with Crippen LogP contribution in [-0.4, -0.2) is 53.8 Å². The Morgan fingerprint density at radius 2 is 2.00 bits per heavy atom. The number of carbonyl (C=O) groups is 1. The van der Waals surface area contributed by atoms with Crippen LogP contribution in [0.3, 0.4) is 0 Å². The Kier molecular flexibility index (Phi) is 2.70. The van der Waals surface area contributed by atoms with E-state index in [9.17, 15) is 13.2 Å². The molecule has 1 N–H and O–H groups in total. The van der Waals surface area contributed by atoms with E-state index in [2.05, 4.69) is 0 Å². The molecular formula is C8H14N2O4S. The van der Waals surface area contributed by atoms with Crippen molar-refractivity contribution in [2.75, 3.05) is 19.6 Å². The van der Waals surface area contributed by atoms with E-state index in [0.29, 0.717) is 13.1 Å². The minimum Gasteiger partial charge on any atom is -0.480 e. The molecule has 2 rings (SSSR count). The molecule has 2 aliphatic rings. The van der Waals surface area contributed by atoms with Gasteiger partial charge in [-0.05, 0) is 12.8 Å². The van der Waals surface area contributed by atoms with Crippen molar-refractivity contribution < 1.29 is 18.3 Å². The molecule has 2 fully saturated rings. The van der Waals surface area contributed by atoms with Gasteiger partial charge >= 0.3 is 5.97 Å². The molecule has 1 saturated carbocycles. The van der Waals surface area contributed by atoms with Crippen LogP contribution in [0.5, 0.6) is 0 Å². The summed E-state index contributed by atoms with van der Waals surface area (Å²) in [4.78, 5) is 10.5. The predicted molar refractivity (Wildman–Crippen MR) is 52.5 cm³/mol. The standard InChI is InChI=1S/C8H14N2O4S/c11-8(12)6-9-4-5-10(15(9,13)14)7-2-1-3-7/h7H,1-6H2,(H,11,12). The van der Waals surface area contributed by atoms with E-state index in [1.54, 1.807) is 0 Å². The number of hydrogen-bond acceptors (Lipinski definition) is 3. The molecular weight excluding hydrogens is 220 g/mol. The highest BCUT2D eigenvalue weighted by Crippen LogP contribution is 2.30. The number of carboxylic acids is 1. The van der Waals surface area contributed by atoms with Crippen LogP contribution in [0.25, 0.3) is 0 Å². The molecule has 6 nitrogen and oxygen atoms in total. The van der Waals surface area contributed by atoms with Gasteiger partial charge in [0.15, 0.2) is 0 Å². The first kappa shape index (κ1) is 10.8. The van der Waals surface area contributed by atoms with Gasteiger partial charge in [0.05, 0.1) is 0 Å². The molecule has 0 aromatic heterocycles. The summed E-state index contributed by atoms with van der Waals surface area (Å²) in [6.07, 6.45) is 2.87. The van der Waals surface area contributed by atoms with Gasteiger partial charge < -0.3 is 5.11 Å². The van der Waals surface area contributed by atoms with Crippen LogP contribution in [0, 0.1) is 0 Å². The van der Waals surface area contributed by atoms with Gasteiger partial charge in [0.1, 0.15) is 6.54 Å². The van der Waals surface area contributed by atoms with E-state index < -0.39 is 22.7 Å². The van der Waals surface area contributed by atoms with Gasteiger partial charge in [-0.25, -0.2) is 0 Å². The molecule has 0 amide bonds. The first-order valence-corrected chi connectivity index (χ1v) is 6.40. The van der Waals surface area contributed by atoms with Crippen LogP contribution in [0.4, 0.5) is 0 Å². The second-order valence-corrected chi connectivity index (χ2v) is 5.81. The smallest absolute Gasteiger partial charge is 0.318 e. The van der Waals surface area contributed by atoms with Crippen molar-refractivity contribution in [2.24, 2.45) is 0 Å². The first-order chi connectivity index (χ1) is 7.01. The summed E-state index contributed by atoms with van der Waals surface area (Å²) in [5.74, 6) is -1.10. The molecule has 0 atom stereocenters. The molecule has 0 unspecified atom stereocenters. The second-order valence-electron chi connectivity index (χ2n) is 3.93. The minimum absolute atomic E-state index is 0.105. The third kappa shape index (κ3) is 1.86. The number of nitrogens with zero attached hydrogens (tertiary/aromatic N) is 2. The van der Waals surface area contributed by atoms with Crippen molar-refractivity contribution in [3.8, 4) is 0 Å². The van der Waals surface area contributed by atoms with Gasteiger partial charge in [-0.1, -0.05) is 6.42 Å². The Morgan fingerprint density at radius 1 is 1.33 bits per heavy atom. The first-order valence-electron chi connectivity index (χ1n) is 5.00. The molecule has 0 aromatic rings. The lowest BCUT2D eigenvalue weighted by molar-refractivity contribution is -0.137. The van der Waals surface area contributed by atoms with Gasteiger partial charge in [0.25, 0.3) is 10.2 Å². The van der Waals surface area contributed by atoms with Crippen molar-refractivity contribution in [3.63, 3.8) is 0 Å². The van der Waals surface area contributed by atoms with Gasteiger partial charge in [-0.15, -0.1) is 0 Å². The molecule has 1 saturated heterocycles. The lowest BCUT2D eigenvalue weighted by atomic mass is 9.93. The monoisotopic (exact) mass is 234 g/mol. The van der Waals surface area contributed by atoms with Crippen molar-refractivity contribution in [1.29, 1.82) is 0 Å². The maximum Gasteiger partial charge on any atom is 0.318 e. The van der Waals surface area contributed by atoms with E-state index in [1.165, 1.54) is 4.31 Å². The van der Waals surface area contributed by atoms with Crippen molar-refractivity contribution in [2.45, 2.75) is 25.3 Å². The highest BCUT2D eigenvalue weighted by Gasteiger charge is 2.43. The summed E-state index contributed by atoms with van der Waals surface area (Å²) in [7, 11) is -3.50. The lowest BCUT2D eigenvalue weighted by Gasteiger charge is -2.33. The molecule has 1 aliphatic heterocycles. The molecule has 1 aliphatic carbocycles. The molecule has 0 bridgehead atoms. The fourth-order valence-electron chi connectivity index (χ4n) is 1.95. The minimum atomic E-state index is -3.50. The second kappa shape index (κ2) is 3.73.